The predicted octanol–water partition coefficient (Wildman–Crippen LogP) is 2.80. The number of hydrogen-bond acceptors (Lipinski definition) is 5. The van der Waals surface area contributed by atoms with Crippen molar-refractivity contribution < 1.29 is 23.8 Å². The molecule has 0 spiro atoms. The third-order valence-electron chi connectivity index (χ3n) is 5.10. The fraction of sp³-hybridized carbons (Fsp3) is 0.368. The van der Waals surface area contributed by atoms with E-state index in [2.05, 4.69) is 26.0 Å². The minimum atomic E-state index is -0.774. The first-order valence-electron chi connectivity index (χ1n) is 8.00. The molecule has 4 rings (SSSR count). The lowest BCUT2D eigenvalue weighted by molar-refractivity contribution is -0.152. The molecular weight excluding hydrogens is 308 g/mol. The average molecular weight is 326 g/mol. The highest BCUT2D eigenvalue weighted by molar-refractivity contribution is 5.92. The number of fused-ring (bicyclic) bond motifs is 3. The maximum absolute atomic E-state index is 12.2. The lowest BCUT2D eigenvalue weighted by atomic mass is 9.96. The van der Waals surface area contributed by atoms with Gasteiger partial charge in [-0.1, -0.05) is 12.1 Å². The van der Waals surface area contributed by atoms with Crippen molar-refractivity contribution >= 4 is 11.9 Å². The van der Waals surface area contributed by atoms with Crippen LogP contribution in [0.15, 0.2) is 35.6 Å². The van der Waals surface area contributed by atoms with Gasteiger partial charge in [0.1, 0.15) is 6.10 Å². The first-order valence-corrected chi connectivity index (χ1v) is 8.00. The van der Waals surface area contributed by atoms with Crippen LogP contribution in [0.4, 0.5) is 0 Å². The normalized spacial score (nSPS) is 29.2. The topological polar surface area (TPSA) is 61.8 Å². The highest BCUT2D eigenvalue weighted by Crippen LogP contribution is 2.49. The zero-order chi connectivity index (χ0) is 17.0. The van der Waals surface area contributed by atoms with Crippen LogP contribution < -0.4 is 0 Å². The van der Waals surface area contributed by atoms with Gasteiger partial charge >= 0.3 is 11.9 Å². The minimum Gasteiger partial charge on any atom is -0.458 e. The number of carbonyl (C=O) groups is 2. The summed E-state index contributed by atoms with van der Waals surface area (Å²) >= 11 is 0. The molecule has 1 aromatic carbocycles. The Kier molecular flexibility index (Phi) is 3.27. The molecule has 5 heteroatoms. The zero-order valence-electron chi connectivity index (χ0n) is 13.8. The highest BCUT2D eigenvalue weighted by Gasteiger charge is 2.47. The number of rotatable bonds is 2. The number of benzene rings is 1. The quantitative estimate of drug-likeness (QED) is 0.475. The van der Waals surface area contributed by atoms with E-state index in [1.807, 2.05) is 0 Å². The molecule has 0 saturated carbocycles. The van der Waals surface area contributed by atoms with E-state index in [1.165, 1.54) is 23.0 Å². The van der Waals surface area contributed by atoms with E-state index < -0.39 is 12.3 Å². The van der Waals surface area contributed by atoms with Crippen LogP contribution in [0.2, 0.25) is 0 Å². The number of ether oxygens (including phenoxy) is 3. The Bertz CT molecular complexity index is 817. The average Bonchev–Trinajstić information content (AvgIpc) is 3.14. The molecule has 1 fully saturated rings. The Morgan fingerprint density at radius 1 is 1.12 bits per heavy atom. The van der Waals surface area contributed by atoms with Gasteiger partial charge in [0.15, 0.2) is 0 Å². The fourth-order valence-corrected chi connectivity index (χ4v) is 3.61. The smallest absolute Gasteiger partial charge is 0.338 e. The van der Waals surface area contributed by atoms with Crippen molar-refractivity contribution in [1.82, 2.24) is 0 Å². The fourth-order valence-electron chi connectivity index (χ4n) is 3.61. The van der Waals surface area contributed by atoms with E-state index in [1.54, 1.807) is 13.0 Å². The van der Waals surface area contributed by atoms with Crippen molar-refractivity contribution in [2.24, 2.45) is 5.92 Å². The van der Waals surface area contributed by atoms with Gasteiger partial charge in [0.2, 0.25) is 0 Å². The van der Waals surface area contributed by atoms with E-state index in [0.717, 1.165) is 12.0 Å². The van der Waals surface area contributed by atoms with Crippen molar-refractivity contribution in [3.63, 3.8) is 0 Å². The van der Waals surface area contributed by atoms with Gasteiger partial charge in [-0.15, -0.1) is 0 Å². The molecule has 0 N–H and O–H groups in total. The van der Waals surface area contributed by atoms with Crippen LogP contribution in [-0.4, -0.2) is 18.2 Å². The number of aryl methyl sites for hydroxylation is 1. The van der Waals surface area contributed by atoms with Gasteiger partial charge in [-0.25, -0.2) is 9.59 Å². The van der Waals surface area contributed by atoms with Crippen LogP contribution in [0.1, 0.15) is 35.3 Å². The van der Waals surface area contributed by atoms with Crippen LogP contribution in [0.5, 0.6) is 0 Å². The molecule has 3 aliphatic rings. The molecule has 3 atom stereocenters. The molecule has 5 nitrogen and oxygen atoms in total. The molecule has 0 unspecified atom stereocenters. The van der Waals surface area contributed by atoms with Crippen molar-refractivity contribution in [2.75, 3.05) is 0 Å². The van der Waals surface area contributed by atoms with Crippen molar-refractivity contribution in [1.29, 1.82) is 0 Å². The largest absolute Gasteiger partial charge is 0.458 e. The summed E-state index contributed by atoms with van der Waals surface area (Å²) in [5.74, 6) is -0.804. The third kappa shape index (κ3) is 2.15. The molecular formula is C19H18O5. The molecule has 0 aromatic heterocycles. The van der Waals surface area contributed by atoms with Gasteiger partial charge < -0.3 is 14.2 Å². The molecule has 1 saturated heterocycles. The van der Waals surface area contributed by atoms with Crippen molar-refractivity contribution in [3.05, 3.63) is 57.9 Å². The van der Waals surface area contributed by atoms with E-state index in [9.17, 15) is 9.59 Å². The highest BCUT2D eigenvalue weighted by atomic mass is 16.7. The van der Waals surface area contributed by atoms with Crippen LogP contribution in [-0.2, 0) is 30.2 Å². The van der Waals surface area contributed by atoms with Gasteiger partial charge in [-0.05, 0) is 49.4 Å². The molecule has 0 bridgehead atoms. The maximum Gasteiger partial charge on any atom is 0.338 e. The Morgan fingerprint density at radius 3 is 2.62 bits per heavy atom. The Hall–Kier alpha value is -2.56. The summed E-state index contributed by atoms with van der Waals surface area (Å²) in [7, 11) is 0. The molecule has 0 radical (unpaired) electrons. The summed E-state index contributed by atoms with van der Waals surface area (Å²) in [6, 6.07) is 4.20. The monoisotopic (exact) mass is 326 g/mol. The molecule has 2 aliphatic heterocycles. The van der Waals surface area contributed by atoms with Crippen LogP contribution >= 0.6 is 0 Å². The minimum absolute atomic E-state index is 0.0461. The SMILES string of the molecule is CC1=C[C@H](O/C=C2/C(=O)O[C@H]3c4c(ccc(C)c4C)C[C@@H]23)OC1=O. The first kappa shape index (κ1) is 15.0. The predicted molar refractivity (Wildman–Crippen MR) is 84.7 cm³/mol. The molecule has 0 amide bonds. The second kappa shape index (κ2) is 5.23. The van der Waals surface area contributed by atoms with E-state index in [0.29, 0.717) is 11.1 Å². The van der Waals surface area contributed by atoms with Gasteiger partial charge in [0.05, 0.1) is 11.8 Å². The van der Waals surface area contributed by atoms with Gasteiger partial charge in [-0.2, -0.15) is 0 Å². The number of esters is 2. The van der Waals surface area contributed by atoms with Crippen LogP contribution in [0.25, 0.3) is 0 Å². The Balaban J connectivity index is 1.59. The summed E-state index contributed by atoms with van der Waals surface area (Å²) in [4.78, 5) is 23.6. The molecule has 124 valence electrons. The zero-order valence-corrected chi connectivity index (χ0v) is 13.8. The Labute approximate surface area is 139 Å². The van der Waals surface area contributed by atoms with Crippen molar-refractivity contribution in [2.45, 2.75) is 39.6 Å². The maximum atomic E-state index is 12.2. The van der Waals surface area contributed by atoms with Crippen LogP contribution in [0, 0.1) is 19.8 Å². The van der Waals surface area contributed by atoms with E-state index >= 15 is 0 Å². The first-order chi connectivity index (χ1) is 11.5. The summed E-state index contributed by atoms with van der Waals surface area (Å²) in [6.07, 6.45) is 2.72. The van der Waals surface area contributed by atoms with Gasteiger partial charge in [0.25, 0.3) is 6.29 Å². The Morgan fingerprint density at radius 2 is 1.92 bits per heavy atom. The summed E-state index contributed by atoms with van der Waals surface area (Å²) < 4.78 is 16.1. The standard InChI is InChI=1S/C19H18O5/c1-9-4-5-12-7-13-14(8-22-15-6-10(2)18(20)23-15)19(21)24-17(13)16(12)11(9)3/h4-6,8,13,15,17H,7H2,1-3H3/b14-8+/t13-,15+,17+/m0/s1. The summed E-state index contributed by atoms with van der Waals surface area (Å²) in [6.45, 7) is 5.79. The lowest BCUT2D eigenvalue weighted by Gasteiger charge is -2.13. The van der Waals surface area contributed by atoms with E-state index in [4.69, 9.17) is 14.2 Å². The second-order valence-corrected chi connectivity index (χ2v) is 6.55. The van der Waals surface area contributed by atoms with E-state index in [-0.39, 0.29) is 18.0 Å². The van der Waals surface area contributed by atoms with Gasteiger partial charge in [0, 0.05) is 17.6 Å². The third-order valence-corrected chi connectivity index (χ3v) is 5.10. The van der Waals surface area contributed by atoms with Gasteiger partial charge in [-0.3, -0.25) is 0 Å². The summed E-state index contributed by atoms with van der Waals surface area (Å²) in [5.41, 5.74) is 5.72. The second-order valence-electron chi connectivity index (χ2n) is 6.55. The number of carbonyl (C=O) groups excluding carboxylic acids is 2. The molecule has 1 aliphatic carbocycles. The number of hydrogen-bond donors (Lipinski definition) is 0. The van der Waals surface area contributed by atoms with Crippen molar-refractivity contribution in [3.8, 4) is 0 Å². The number of cyclic esters (lactones) is 1. The molecule has 1 aromatic rings. The molecule has 24 heavy (non-hydrogen) atoms. The van der Waals surface area contributed by atoms with Crippen LogP contribution in [0.3, 0.4) is 0 Å². The summed E-state index contributed by atoms with van der Waals surface area (Å²) in [5, 5.41) is 0. The molecule has 2 heterocycles. The lowest BCUT2D eigenvalue weighted by Crippen LogP contribution is -2.11.